The molecule has 0 spiro atoms. The van der Waals surface area contributed by atoms with E-state index in [9.17, 15) is 9.90 Å². The van der Waals surface area contributed by atoms with Gasteiger partial charge in [-0.1, -0.05) is 0 Å². The number of unbranched alkanes of at least 4 members (excludes halogenated alkanes) is 1. The van der Waals surface area contributed by atoms with E-state index in [0.717, 1.165) is 12.0 Å². The van der Waals surface area contributed by atoms with Gasteiger partial charge in [0.2, 0.25) is 0 Å². The number of nitrogens with zero attached hydrogens (tertiary/aromatic N) is 4. The van der Waals surface area contributed by atoms with Crippen LogP contribution in [0.2, 0.25) is 0 Å². The summed E-state index contributed by atoms with van der Waals surface area (Å²) in [6.07, 6.45) is 4.56. The van der Waals surface area contributed by atoms with Crippen LogP contribution >= 0.6 is 0 Å². The van der Waals surface area contributed by atoms with Crippen molar-refractivity contribution in [3.63, 3.8) is 0 Å². The van der Waals surface area contributed by atoms with Gasteiger partial charge in [0.1, 0.15) is 16.8 Å². The Hall–Kier alpha value is -2.84. The number of fused-ring (bicyclic) bond motifs is 1. The minimum Gasteiger partial charge on any atom is -0.396 e. The smallest absolute Gasteiger partial charge is 0.264 e. The van der Waals surface area contributed by atoms with Gasteiger partial charge in [0.15, 0.2) is 0 Å². The summed E-state index contributed by atoms with van der Waals surface area (Å²) in [6, 6.07) is 5.36. The second-order valence-electron chi connectivity index (χ2n) is 7.26. The number of nitrogens with one attached hydrogen (secondary N) is 1. The molecule has 8 heteroatoms. The van der Waals surface area contributed by atoms with E-state index < -0.39 is 5.60 Å². The summed E-state index contributed by atoms with van der Waals surface area (Å²) >= 11 is 0. The molecule has 0 aliphatic heterocycles. The van der Waals surface area contributed by atoms with E-state index in [2.05, 4.69) is 20.3 Å². The van der Waals surface area contributed by atoms with Crippen LogP contribution in [0.15, 0.2) is 35.5 Å². The zero-order valence-electron chi connectivity index (χ0n) is 16.3. The Labute approximate surface area is 162 Å². The Morgan fingerprint density at radius 2 is 2.00 bits per heavy atom. The standard InChI is InChI=1S/C20H25N5O3/c1-20(2,28)16-7-6-13(11-22-16)14-10-15-17(19(27)25(3)12-23-15)18(24-14)21-8-4-5-9-26/h6-7,10-12,26,28H,4-5,8-9H2,1-3H3,(H,21,24). The molecule has 8 nitrogen and oxygen atoms in total. The number of aliphatic hydroxyl groups excluding tert-OH is 1. The van der Waals surface area contributed by atoms with Gasteiger partial charge in [0.25, 0.3) is 5.56 Å². The zero-order chi connectivity index (χ0) is 20.3. The number of aromatic nitrogens is 4. The number of aryl methyl sites for hydroxylation is 1. The quantitative estimate of drug-likeness (QED) is 0.533. The minimum atomic E-state index is -1.03. The second kappa shape index (κ2) is 8.04. The molecule has 3 heterocycles. The largest absolute Gasteiger partial charge is 0.396 e. The van der Waals surface area contributed by atoms with Crippen LogP contribution in [0.3, 0.4) is 0 Å². The summed E-state index contributed by atoms with van der Waals surface area (Å²) in [5.74, 6) is 0.464. The second-order valence-corrected chi connectivity index (χ2v) is 7.26. The first-order valence-corrected chi connectivity index (χ1v) is 9.21. The van der Waals surface area contributed by atoms with E-state index in [1.54, 1.807) is 39.2 Å². The highest BCUT2D eigenvalue weighted by Gasteiger charge is 2.18. The third kappa shape index (κ3) is 4.18. The maximum Gasteiger partial charge on any atom is 0.264 e. The fraction of sp³-hybridized carbons (Fsp3) is 0.400. The zero-order valence-corrected chi connectivity index (χ0v) is 16.3. The lowest BCUT2D eigenvalue weighted by molar-refractivity contribution is 0.0739. The molecule has 0 fully saturated rings. The molecule has 3 rings (SSSR count). The topological polar surface area (TPSA) is 113 Å². The first kappa shape index (κ1) is 19.9. The Morgan fingerprint density at radius 1 is 1.21 bits per heavy atom. The van der Waals surface area contributed by atoms with Gasteiger partial charge in [-0.05, 0) is 44.9 Å². The van der Waals surface area contributed by atoms with E-state index in [0.29, 0.717) is 41.1 Å². The van der Waals surface area contributed by atoms with E-state index in [-0.39, 0.29) is 12.2 Å². The molecule has 0 aromatic carbocycles. The summed E-state index contributed by atoms with van der Waals surface area (Å²) < 4.78 is 1.42. The predicted molar refractivity (Wildman–Crippen MR) is 108 cm³/mol. The Bertz CT molecular complexity index is 1020. The number of pyridine rings is 2. The molecule has 28 heavy (non-hydrogen) atoms. The minimum absolute atomic E-state index is 0.123. The van der Waals surface area contributed by atoms with Gasteiger partial charge in [-0.2, -0.15) is 0 Å². The molecule has 0 saturated heterocycles. The lowest BCUT2D eigenvalue weighted by atomic mass is 10.0. The summed E-state index contributed by atoms with van der Waals surface area (Å²) in [5, 5.41) is 22.7. The molecule has 0 saturated carbocycles. The lowest BCUT2D eigenvalue weighted by Gasteiger charge is -2.16. The molecule has 0 aliphatic rings. The maximum absolute atomic E-state index is 12.6. The van der Waals surface area contributed by atoms with Crippen LogP contribution in [-0.4, -0.2) is 42.9 Å². The first-order valence-electron chi connectivity index (χ1n) is 9.21. The number of hydrogen-bond donors (Lipinski definition) is 3. The van der Waals surface area contributed by atoms with E-state index in [1.165, 1.54) is 10.9 Å². The van der Waals surface area contributed by atoms with Crippen LogP contribution in [0.1, 0.15) is 32.4 Å². The third-order valence-corrected chi connectivity index (χ3v) is 4.47. The molecule has 0 radical (unpaired) electrons. The van der Waals surface area contributed by atoms with Crippen LogP contribution in [0, 0.1) is 0 Å². The van der Waals surface area contributed by atoms with Gasteiger partial charge in [0, 0.05) is 32.0 Å². The summed E-state index contributed by atoms with van der Waals surface area (Å²) in [4.78, 5) is 25.9. The normalized spacial score (nSPS) is 11.8. The molecule has 3 aromatic heterocycles. The molecule has 0 aliphatic carbocycles. The fourth-order valence-corrected chi connectivity index (χ4v) is 2.85. The molecular weight excluding hydrogens is 358 g/mol. The van der Waals surface area contributed by atoms with Crippen molar-refractivity contribution in [3.8, 4) is 11.3 Å². The summed E-state index contributed by atoms with van der Waals surface area (Å²) in [6.45, 7) is 4.06. The lowest BCUT2D eigenvalue weighted by Crippen LogP contribution is -2.19. The highest BCUT2D eigenvalue weighted by Crippen LogP contribution is 2.26. The molecule has 3 N–H and O–H groups in total. The number of rotatable bonds is 7. The van der Waals surface area contributed by atoms with Gasteiger partial charge in [-0.15, -0.1) is 0 Å². The van der Waals surface area contributed by atoms with Crippen molar-refractivity contribution in [3.05, 3.63) is 46.8 Å². The Morgan fingerprint density at radius 3 is 2.64 bits per heavy atom. The predicted octanol–water partition coefficient (Wildman–Crippen LogP) is 1.80. The maximum atomic E-state index is 12.6. The molecule has 148 valence electrons. The van der Waals surface area contributed by atoms with Crippen molar-refractivity contribution in [2.75, 3.05) is 18.5 Å². The number of aliphatic hydroxyl groups is 2. The molecule has 0 atom stereocenters. The number of anilines is 1. The van der Waals surface area contributed by atoms with Crippen molar-refractivity contribution in [1.82, 2.24) is 19.5 Å². The Kier molecular flexibility index (Phi) is 5.71. The molecular formula is C20H25N5O3. The average molecular weight is 383 g/mol. The van der Waals surface area contributed by atoms with Crippen molar-refractivity contribution in [2.45, 2.75) is 32.3 Å². The molecule has 0 amide bonds. The summed E-state index contributed by atoms with van der Waals surface area (Å²) in [7, 11) is 1.65. The van der Waals surface area contributed by atoms with Crippen LogP contribution in [-0.2, 0) is 12.6 Å². The van der Waals surface area contributed by atoms with Crippen LogP contribution < -0.4 is 10.9 Å². The van der Waals surface area contributed by atoms with Crippen molar-refractivity contribution < 1.29 is 10.2 Å². The van der Waals surface area contributed by atoms with Gasteiger partial charge in [0.05, 0.1) is 23.2 Å². The third-order valence-electron chi connectivity index (χ3n) is 4.47. The van der Waals surface area contributed by atoms with Gasteiger partial charge in [-0.25, -0.2) is 9.97 Å². The fourth-order valence-electron chi connectivity index (χ4n) is 2.85. The van der Waals surface area contributed by atoms with Crippen LogP contribution in [0.5, 0.6) is 0 Å². The van der Waals surface area contributed by atoms with E-state index in [1.807, 2.05) is 6.07 Å². The van der Waals surface area contributed by atoms with Crippen molar-refractivity contribution in [2.24, 2.45) is 7.05 Å². The average Bonchev–Trinajstić information content (AvgIpc) is 2.67. The van der Waals surface area contributed by atoms with E-state index in [4.69, 9.17) is 5.11 Å². The highest BCUT2D eigenvalue weighted by molar-refractivity contribution is 5.91. The van der Waals surface area contributed by atoms with Gasteiger partial charge < -0.3 is 20.1 Å². The van der Waals surface area contributed by atoms with Crippen molar-refractivity contribution >= 4 is 16.7 Å². The van der Waals surface area contributed by atoms with Crippen LogP contribution in [0.25, 0.3) is 22.2 Å². The van der Waals surface area contributed by atoms with E-state index >= 15 is 0 Å². The van der Waals surface area contributed by atoms with Crippen molar-refractivity contribution in [1.29, 1.82) is 0 Å². The van der Waals surface area contributed by atoms with Gasteiger partial charge in [-0.3, -0.25) is 9.78 Å². The number of hydrogen-bond acceptors (Lipinski definition) is 7. The summed E-state index contributed by atoms with van der Waals surface area (Å²) in [5.41, 5.74) is 1.30. The Balaban J connectivity index is 2.06. The van der Waals surface area contributed by atoms with Crippen LogP contribution in [0.4, 0.5) is 5.82 Å². The molecule has 3 aromatic rings. The first-order chi connectivity index (χ1) is 13.3. The monoisotopic (exact) mass is 383 g/mol. The SMILES string of the molecule is Cn1cnc2cc(-c3ccc(C(C)(C)O)nc3)nc(NCCCCO)c2c1=O. The molecule has 0 bridgehead atoms. The molecule has 0 unspecified atom stereocenters. The van der Waals surface area contributed by atoms with Gasteiger partial charge >= 0.3 is 0 Å². The highest BCUT2D eigenvalue weighted by atomic mass is 16.3.